The summed E-state index contributed by atoms with van der Waals surface area (Å²) in [5.74, 6) is 0.133. The van der Waals surface area contributed by atoms with Crippen LogP contribution in [0.3, 0.4) is 0 Å². The van der Waals surface area contributed by atoms with Crippen molar-refractivity contribution in [2.75, 3.05) is 11.4 Å². The Morgan fingerprint density at radius 1 is 1.05 bits per heavy atom. The summed E-state index contributed by atoms with van der Waals surface area (Å²) in [4.78, 5) is 14.9. The van der Waals surface area contributed by atoms with E-state index in [0.717, 1.165) is 41.9 Å². The van der Waals surface area contributed by atoms with Gasteiger partial charge in [0, 0.05) is 11.4 Å². The van der Waals surface area contributed by atoms with Crippen molar-refractivity contribution < 1.29 is 4.79 Å². The Bertz CT molecular complexity index is 629. The largest absolute Gasteiger partial charge is 0.306 e. The van der Waals surface area contributed by atoms with E-state index in [1.165, 1.54) is 0 Å². The van der Waals surface area contributed by atoms with E-state index in [9.17, 15) is 4.79 Å². The fourth-order valence-corrected chi connectivity index (χ4v) is 2.99. The van der Waals surface area contributed by atoms with Crippen LogP contribution in [0.5, 0.6) is 0 Å². The number of anilines is 2. The third-order valence-corrected chi connectivity index (χ3v) is 4.10. The minimum atomic E-state index is -0.0824. The third-order valence-electron chi connectivity index (χ3n) is 4.10. The van der Waals surface area contributed by atoms with Gasteiger partial charge in [-0.05, 0) is 68.6 Å². The number of aryl methyl sites for hydroxylation is 2. The molecule has 1 aliphatic heterocycles. The molecule has 0 spiro atoms. The van der Waals surface area contributed by atoms with Crippen LogP contribution in [-0.4, -0.2) is 18.5 Å². The van der Waals surface area contributed by atoms with Crippen LogP contribution in [0.25, 0.3) is 0 Å². The second kappa shape index (κ2) is 6.32. The average molecular weight is 294 g/mol. The standard InChI is InChI=1S/C19H22N2O/c1-14-6-3-8-16(12-14)21(17-9-4-7-15(2)13-17)19(22)18-10-5-11-20-18/h3-4,6-9,12-13,18,20H,5,10-11H2,1-2H3/t18-/m1/s1. The van der Waals surface area contributed by atoms with Gasteiger partial charge in [0.05, 0.1) is 6.04 Å². The lowest BCUT2D eigenvalue weighted by atomic mass is 10.1. The van der Waals surface area contributed by atoms with Crippen LogP contribution < -0.4 is 10.2 Å². The maximum absolute atomic E-state index is 13.0. The third kappa shape index (κ3) is 3.04. The molecule has 114 valence electrons. The molecule has 0 saturated carbocycles. The van der Waals surface area contributed by atoms with E-state index in [4.69, 9.17) is 0 Å². The minimum Gasteiger partial charge on any atom is -0.306 e. The summed E-state index contributed by atoms with van der Waals surface area (Å²) in [6.45, 7) is 5.03. The predicted octanol–water partition coefficient (Wildman–Crippen LogP) is 3.72. The van der Waals surface area contributed by atoms with E-state index in [1.807, 2.05) is 29.2 Å². The summed E-state index contributed by atoms with van der Waals surface area (Å²) in [5, 5.41) is 3.31. The lowest BCUT2D eigenvalue weighted by Crippen LogP contribution is -2.41. The van der Waals surface area contributed by atoms with Crippen LogP contribution in [0.15, 0.2) is 48.5 Å². The molecule has 0 aliphatic carbocycles. The highest BCUT2D eigenvalue weighted by molar-refractivity contribution is 6.03. The molecule has 3 nitrogen and oxygen atoms in total. The maximum Gasteiger partial charge on any atom is 0.248 e. The first-order valence-corrected chi connectivity index (χ1v) is 7.86. The van der Waals surface area contributed by atoms with E-state index in [1.54, 1.807) is 0 Å². The summed E-state index contributed by atoms with van der Waals surface area (Å²) in [6, 6.07) is 16.2. The second-order valence-electron chi connectivity index (χ2n) is 6.00. The van der Waals surface area contributed by atoms with E-state index in [-0.39, 0.29) is 11.9 Å². The summed E-state index contributed by atoms with van der Waals surface area (Å²) in [7, 11) is 0. The Labute approximate surface area is 132 Å². The average Bonchev–Trinajstić information content (AvgIpc) is 3.02. The van der Waals surface area contributed by atoms with Gasteiger partial charge in [0.25, 0.3) is 0 Å². The van der Waals surface area contributed by atoms with E-state index in [2.05, 4.69) is 43.4 Å². The van der Waals surface area contributed by atoms with Gasteiger partial charge >= 0.3 is 0 Å². The molecule has 2 aromatic rings. The van der Waals surface area contributed by atoms with Gasteiger partial charge in [0.15, 0.2) is 0 Å². The molecule has 3 heteroatoms. The number of rotatable bonds is 3. The van der Waals surface area contributed by atoms with Crippen molar-refractivity contribution in [1.82, 2.24) is 5.32 Å². The molecule has 1 fully saturated rings. The number of nitrogens with one attached hydrogen (secondary N) is 1. The molecule has 0 radical (unpaired) electrons. The van der Waals surface area contributed by atoms with Crippen LogP contribution in [-0.2, 0) is 4.79 Å². The van der Waals surface area contributed by atoms with Gasteiger partial charge in [-0.15, -0.1) is 0 Å². The highest BCUT2D eigenvalue weighted by atomic mass is 16.2. The molecule has 2 aromatic carbocycles. The Morgan fingerprint density at radius 2 is 1.64 bits per heavy atom. The molecule has 1 atom stereocenters. The van der Waals surface area contributed by atoms with Crippen molar-refractivity contribution in [3.05, 3.63) is 59.7 Å². The van der Waals surface area contributed by atoms with Crippen molar-refractivity contribution in [2.45, 2.75) is 32.7 Å². The van der Waals surface area contributed by atoms with Crippen LogP contribution >= 0.6 is 0 Å². The molecule has 0 unspecified atom stereocenters. The highest BCUT2D eigenvalue weighted by Gasteiger charge is 2.28. The Hall–Kier alpha value is -2.13. The summed E-state index contributed by atoms with van der Waals surface area (Å²) in [6.07, 6.45) is 1.97. The minimum absolute atomic E-state index is 0.0824. The topological polar surface area (TPSA) is 32.3 Å². The van der Waals surface area contributed by atoms with E-state index >= 15 is 0 Å². The molecular weight excluding hydrogens is 272 g/mol. The summed E-state index contributed by atoms with van der Waals surface area (Å²) < 4.78 is 0. The van der Waals surface area contributed by atoms with Gasteiger partial charge < -0.3 is 5.32 Å². The first kappa shape index (κ1) is 14.8. The molecule has 1 aliphatic rings. The van der Waals surface area contributed by atoms with Crippen LogP contribution in [0.4, 0.5) is 11.4 Å². The summed E-state index contributed by atoms with van der Waals surface area (Å²) in [5.41, 5.74) is 4.18. The number of nitrogens with zero attached hydrogens (tertiary/aromatic N) is 1. The first-order chi connectivity index (χ1) is 10.6. The van der Waals surface area contributed by atoms with E-state index < -0.39 is 0 Å². The molecule has 1 N–H and O–H groups in total. The second-order valence-corrected chi connectivity index (χ2v) is 6.00. The van der Waals surface area contributed by atoms with Gasteiger partial charge in [0.2, 0.25) is 5.91 Å². The smallest absolute Gasteiger partial charge is 0.248 e. The van der Waals surface area contributed by atoms with Crippen molar-refractivity contribution in [1.29, 1.82) is 0 Å². The molecule has 0 bridgehead atoms. The molecule has 1 saturated heterocycles. The van der Waals surface area contributed by atoms with Crippen molar-refractivity contribution in [2.24, 2.45) is 0 Å². The van der Waals surface area contributed by atoms with Crippen LogP contribution in [0.2, 0.25) is 0 Å². The van der Waals surface area contributed by atoms with Crippen LogP contribution in [0, 0.1) is 13.8 Å². The number of benzene rings is 2. The SMILES string of the molecule is Cc1cccc(N(C(=O)[C@H]2CCCN2)c2cccc(C)c2)c1. The zero-order chi connectivity index (χ0) is 15.5. The molecule has 0 aromatic heterocycles. The monoisotopic (exact) mass is 294 g/mol. The zero-order valence-corrected chi connectivity index (χ0v) is 13.2. The van der Waals surface area contributed by atoms with Crippen molar-refractivity contribution in [3.8, 4) is 0 Å². The molecular formula is C19H22N2O. The molecule has 3 rings (SSSR count). The number of carbonyl (C=O) groups excluding carboxylic acids is 1. The quantitative estimate of drug-likeness (QED) is 0.935. The maximum atomic E-state index is 13.0. The lowest BCUT2D eigenvalue weighted by Gasteiger charge is -2.26. The lowest BCUT2D eigenvalue weighted by molar-refractivity contribution is -0.119. The number of hydrogen-bond donors (Lipinski definition) is 1. The van der Waals surface area contributed by atoms with Gasteiger partial charge in [-0.1, -0.05) is 24.3 Å². The number of hydrogen-bond acceptors (Lipinski definition) is 2. The highest BCUT2D eigenvalue weighted by Crippen LogP contribution is 2.28. The van der Waals surface area contributed by atoms with Gasteiger partial charge in [-0.3, -0.25) is 9.69 Å². The van der Waals surface area contributed by atoms with Gasteiger partial charge in [-0.25, -0.2) is 0 Å². The molecule has 1 amide bonds. The van der Waals surface area contributed by atoms with Gasteiger partial charge in [-0.2, -0.15) is 0 Å². The fraction of sp³-hybridized carbons (Fsp3) is 0.316. The Kier molecular flexibility index (Phi) is 4.25. The van der Waals surface area contributed by atoms with Gasteiger partial charge in [0.1, 0.15) is 0 Å². The fourth-order valence-electron chi connectivity index (χ4n) is 2.99. The molecule has 1 heterocycles. The van der Waals surface area contributed by atoms with E-state index in [0.29, 0.717) is 0 Å². The Morgan fingerprint density at radius 3 is 2.09 bits per heavy atom. The zero-order valence-electron chi connectivity index (χ0n) is 13.2. The predicted molar refractivity (Wildman–Crippen MR) is 90.5 cm³/mol. The van der Waals surface area contributed by atoms with Crippen molar-refractivity contribution >= 4 is 17.3 Å². The number of amides is 1. The van der Waals surface area contributed by atoms with Crippen molar-refractivity contribution in [3.63, 3.8) is 0 Å². The number of carbonyl (C=O) groups is 1. The normalized spacial score (nSPS) is 17.5. The molecule has 22 heavy (non-hydrogen) atoms. The summed E-state index contributed by atoms with van der Waals surface area (Å²) >= 11 is 0. The first-order valence-electron chi connectivity index (χ1n) is 7.86. The Balaban J connectivity index is 2.03. The van der Waals surface area contributed by atoms with Crippen LogP contribution in [0.1, 0.15) is 24.0 Å².